The van der Waals surface area contributed by atoms with E-state index < -0.39 is 24.2 Å². The molecule has 2 aromatic carbocycles. The molecule has 0 fully saturated rings. The number of aliphatic carboxylic acids is 1. The quantitative estimate of drug-likeness (QED) is 0.324. The lowest BCUT2D eigenvalue weighted by atomic mass is 10.1. The molecule has 1 amide bonds. The van der Waals surface area contributed by atoms with Crippen molar-refractivity contribution < 1.29 is 23.9 Å². The highest BCUT2D eigenvalue weighted by Gasteiger charge is 2.19. The largest absolute Gasteiger partial charge is 0.480 e. The first-order valence-electron chi connectivity index (χ1n) is 10.9. The van der Waals surface area contributed by atoms with E-state index >= 15 is 0 Å². The number of benzene rings is 2. The molecule has 0 atom stereocenters. The van der Waals surface area contributed by atoms with Crippen LogP contribution in [-0.4, -0.2) is 37.1 Å². The number of halogens is 2. The maximum Gasteiger partial charge on any atom is 0.323 e. The number of aromatic nitrogens is 3. The van der Waals surface area contributed by atoms with E-state index in [1.165, 1.54) is 16.8 Å². The number of carbonyl (C=O) groups is 3. The third-order valence-electron chi connectivity index (χ3n) is 5.63. The molecule has 0 unspecified atom stereocenters. The van der Waals surface area contributed by atoms with E-state index in [4.69, 9.17) is 16.7 Å². The van der Waals surface area contributed by atoms with E-state index in [1.807, 2.05) is 13.8 Å². The molecule has 0 aliphatic carbocycles. The molecule has 0 aliphatic rings. The van der Waals surface area contributed by atoms with Crippen LogP contribution in [-0.2, 0) is 11.3 Å². The van der Waals surface area contributed by atoms with E-state index in [0.29, 0.717) is 23.1 Å². The number of hydrogen-bond donors (Lipinski definition) is 2. The van der Waals surface area contributed by atoms with E-state index in [1.54, 1.807) is 35.1 Å². The van der Waals surface area contributed by atoms with Gasteiger partial charge < -0.3 is 15.0 Å². The smallest absolute Gasteiger partial charge is 0.323 e. The first-order valence-corrected chi connectivity index (χ1v) is 11.3. The van der Waals surface area contributed by atoms with E-state index in [2.05, 4.69) is 10.4 Å². The van der Waals surface area contributed by atoms with Gasteiger partial charge >= 0.3 is 5.97 Å². The van der Waals surface area contributed by atoms with Crippen LogP contribution in [0.1, 0.15) is 46.2 Å². The number of nitrogens with zero attached hydrogens (tertiary/aromatic N) is 3. The van der Waals surface area contributed by atoms with Gasteiger partial charge in [-0.25, -0.2) is 9.07 Å². The molecule has 10 heteroatoms. The fourth-order valence-electron chi connectivity index (χ4n) is 3.93. The van der Waals surface area contributed by atoms with Crippen LogP contribution in [0.15, 0.2) is 48.8 Å². The van der Waals surface area contributed by atoms with Gasteiger partial charge in [-0.1, -0.05) is 18.5 Å². The van der Waals surface area contributed by atoms with Crippen molar-refractivity contribution in [3.8, 4) is 5.69 Å². The zero-order chi connectivity index (χ0) is 25.3. The van der Waals surface area contributed by atoms with E-state index in [-0.39, 0.29) is 21.9 Å². The van der Waals surface area contributed by atoms with Crippen molar-refractivity contribution in [1.29, 1.82) is 0 Å². The summed E-state index contributed by atoms with van der Waals surface area (Å²) in [5.41, 5.74) is 2.92. The highest BCUT2D eigenvalue weighted by molar-refractivity contribution is 6.31. The number of nitrogens with one attached hydrogen (secondary N) is 1. The van der Waals surface area contributed by atoms with Gasteiger partial charge in [-0.2, -0.15) is 5.10 Å². The molecule has 8 nitrogen and oxygen atoms in total. The van der Waals surface area contributed by atoms with Gasteiger partial charge in [0.1, 0.15) is 12.4 Å². The molecule has 0 aliphatic heterocycles. The summed E-state index contributed by atoms with van der Waals surface area (Å²) >= 11 is 5.91. The highest BCUT2D eigenvalue weighted by Crippen LogP contribution is 2.28. The Labute approximate surface area is 204 Å². The minimum absolute atomic E-state index is 0.0437. The van der Waals surface area contributed by atoms with Crippen molar-refractivity contribution in [1.82, 2.24) is 14.3 Å². The lowest BCUT2D eigenvalue weighted by Gasteiger charge is -2.08. The van der Waals surface area contributed by atoms with Crippen LogP contribution in [0.3, 0.4) is 0 Å². The molecule has 4 rings (SSSR count). The van der Waals surface area contributed by atoms with Crippen molar-refractivity contribution in [2.75, 3.05) is 5.32 Å². The van der Waals surface area contributed by atoms with Gasteiger partial charge in [0.25, 0.3) is 5.91 Å². The average Bonchev–Trinajstić information content (AvgIpc) is 3.35. The Morgan fingerprint density at radius 2 is 1.86 bits per heavy atom. The van der Waals surface area contributed by atoms with E-state index in [9.17, 15) is 18.8 Å². The summed E-state index contributed by atoms with van der Waals surface area (Å²) in [6.07, 6.45) is 4.14. The van der Waals surface area contributed by atoms with Crippen LogP contribution >= 0.6 is 11.6 Å². The predicted molar refractivity (Wildman–Crippen MR) is 130 cm³/mol. The van der Waals surface area contributed by atoms with Crippen LogP contribution in [0.25, 0.3) is 16.6 Å². The lowest BCUT2D eigenvalue weighted by Crippen LogP contribution is -2.12. The Bertz CT molecular complexity index is 1460. The third-order valence-corrected chi connectivity index (χ3v) is 5.92. The number of carboxylic acids is 1. The molecule has 4 aromatic rings. The zero-order valence-electron chi connectivity index (χ0n) is 19.0. The Morgan fingerprint density at radius 1 is 1.14 bits per heavy atom. The van der Waals surface area contributed by atoms with Crippen molar-refractivity contribution in [3.05, 3.63) is 76.5 Å². The van der Waals surface area contributed by atoms with Gasteiger partial charge in [0.2, 0.25) is 0 Å². The second-order valence-corrected chi connectivity index (χ2v) is 8.48. The first-order chi connectivity index (χ1) is 16.7. The number of carboxylic acid groups (broad SMARTS) is 1. The topological polar surface area (TPSA) is 106 Å². The van der Waals surface area contributed by atoms with Crippen LogP contribution in [0.5, 0.6) is 0 Å². The average molecular weight is 497 g/mol. The standard InChI is InChI=1S/C25H22ClFN4O4/c1-3-4-23(32)18-11-28-31(14(18)2)16-7-5-15(6-8-16)29-25(35)19-12-30(13-24(33)34)22-10-21(27)20(26)9-17(19)22/h5-12H,3-4,13H2,1-2H3,(H,29,35)(H,33,34). The molecule has 0 bridgehead atoms. The Balaban J connectivity index is 1.59. The molecule has 35 heavy (non-hydrogen) atoms. The molecule has 0 radical (unpaired) electrons. The number of Topliss-reactive ketones (excluding diaryl/α,β-unsaturated/α-hetero) is 1. The van der Waals surface area contributed by atoms with Gasteiger partial charge in [-0.05, 0) is 49.7 Å². The van der Waals surface area contributed by atoms with E-state index in [0.717, 1.165) is 23.9 Å². The van der Waals surface area contributed by atoms with Crippen molar-refractivity contribution >= 4 is 45.9 Å². The first kappa shape index (κ1) is 24.2. The maximum absolute atomic E-state index is 14.0. The monoisotopic (exact) mass is 496 g/mol. The van der Waals surface area contributed by atoms with Crippen molar-refractivity contribution in [2.45, 2.75) is 33.2 Å². The number of carbonyl (C=O) groups excluding carboxylic acids is 2. The number of hydrogen-bond acceptors (Lipinski definition) is 4. The Kier molecular flexibility index (Phi) is 6.70. The molecule has 180 valence electrons. The summed E-state index contributed by atoms with van der Waals surface area (Å²) in [5, 5.41) is 16.4. The highest BCUT2D eigenvalue weighted by atomic mass is 35.5. The normalized spacial score (nSPS) is 11.1. The minimum atomic E-state index is -1.13. The fraction of sp³-hybridized carbons (Fsp3) is 0.200. The van der Waals surface area contributed by atoms with Crippen LogP contribution in [0, 0.1) is 12.7 Å². The number of ketones is 1. The third kappa shape index (κ3) is 4.81. The molecule has 0 saturated carbocycles. The lowest BCUT2D eigenvalue weighted by molar-refractivity contribution is -0.137. The van der Waals surface area contributed by atoms with Gasteiger partial charge in [0.05, 0.1) is 39.2 Å². The molecule has 0 saturated heterocycles. The number of fused-ring (bicyclic) bond motifs is 1. The van der Waals surface area contributed by atoms with Gasteiger partial charge in [0.15, 0.2) is 5.78 Å². The molecule has 2 aromatic heterocycles. The second kappa shape index (κ2) is 9.71. The van der Waals surface area contributed by atoms with Gasteiger partial charge in [-0.15, -0.1) is 0 Å². The SMILES string of the molecule is CCCC(=O)c1cnn(-c2ccc(NC(=O)c3cn(CC(=O)O)c4cc(F)c(Cl)cc34)cc2)c1C. The van der Waals surface area contributed by atoms with Crippen LogP contribution in [0.2, 0.25) is 5.02 Å². The van der Waals surface area contributed by atoms with Crippen molar-refractivity contribution in [2.24, 2.45) is 0 Å². The Morgan fingerprint density at radius 3 is 2.51 bits per heavy atom. The summed E-state index contributed by atoms with van der Waals surface area (Å²) in [6, 6.07) is 9.29. The molecule has 2 heterocycles. The molecule has 2 N–H and O–H groups in total. The summed E-state index contributed by atoms with van der Waals surface area (Å²) in [6.45, 7) is 3.33. The van der Waals surface area contributed by atoms with Gasteiger partial charge in [0, 0.05) is 23.7 Å². The second-order valence-electron chi connectivity index (χ2n) is 8.08. The predicted octanol–water partition coefficient (Wildman–Crippen LogP) is 5.25. The Hall–Kier alpha value is -3.98. The summed E-state index contributed by atoms with van der Waals surface area (Å²) in [5.74, 6) is -2.30. The van der Waals surface area contributed by atoms with Crippen LogP contribution in [0.4, 0.5) is 10.1 Å². The number of amides is 1. The molecule has 0 spiro atoms. The zero-order valence-corrected chi connectivity index (χ0v) is 19.8. The molecular formula is C25H22ClFN4O4. The summed E-state index contributed by atoms with van der Waals surface area (Å²) in [4.78, 5) is 36.5. The number of rotatable bonds is 8. The van der Waals surface area contributed by atoms with Crippen LogP contribution < -0.4 is 5.32 Å². The molecular weight excluding hydrogens is 475 g/mol. The summed E-state index contributed by atoms with van der Waals surface area (Å²) < 4.78 is 16.9. The summed E-state index contributed by atoms with van der Waals surface area (Å²) in [7, 11) is 0. The number of anilines is 1. The maximum atomic E-state index is 14.0. The fourth-order valence-corrected chi connectivity index (χ4v) is 4.10. The van der Waals surface area contributed by atoms with Crippen molar-refractivity contribution in [3.63, 3.8) is 0 Å². The van der Waals surface area contributed by atoms with Gasteiger partial charge in [-0.3, -0.25) is 14.4 Å². The minimum Gasteiger partial charge on any atom is -0.480 e.